The van der Waals surface area contributed by atoms with Gasteiger partial charge >= 0.3 is 6.18 Å². The number of alkyl halides is 3. The average molecular weight is 297 g/mol. The van der Waals surface area contributed by atoms with E-state index < -0.39 is 11.7 Å². The molecule has 7 heteroatoms. The zero-order chi connectivity index (χ0) is 14.8. The highest BCUT2D eigenvalue weighted by Crippen LogP contribution is 2.33. The van der Waals surface area contributed by atoms with Gasteiger partial charge in [0.25, 0.3) is 0 Å². The molecule has 0 bridgehead atoms. The number of rotatable bonds is 3. The standard InChI is InChI=1S/C13H10F3N3S/c1-8-12(20-7-19-8)6-18-10-3-2-9(5-17)11(4-10)13(14,15)16/h2-4,7,18H,6H2,1H3. The van der Waals surface area contributed by atoms with Crippen molar-refractivity contribution in [2.24, 2.45) is 0 Å². The van der Waals surface area contributed by atoms with Crippen LogP contribution in [0.25, 0.3) is 0 Å². The predicted octanol–water partition coefficient (Wildman–Crippen LogP) is 3.95. The molecule has 104 valence electrons. The Labute approximate surface area is 117 Å². The lowest BCUT2D eigenvalue weighted by Crippen LogP contribution is -2.09. The van der Waals surface area contributed by atoms with Gasteiger partial charge < -0.3 is 5.32 Å². The molecular formula is C13H10F3N3S. The number of anilines is 1. The number of nitrogens with one attached hydrogen (secondary N) is 1. The summed E-state index contributed by atoms with van der Waals surface area (Å²) in [6, 6.07) is 5.14. The lowest BCUT2D eigenvalue weighted by atomic mass is 10.1. The molecule has 2 aromatic rings. The van der Waals surface area contributed by atoms with E-state index in [1.165, 1.54) is 23.5 Å². The highest BCUT2D eigenvalue weighted by atomic mass is 32.1. The Morgan fingerprint density at radius 1 is 1.40 bits per heavy atom. The Balaban J connectivity index is 2.22. The minimum atomic E-state index is -4.54. The monoisotopic (exact) mass is 297 g/mol. The van der Waals surface area contributed by atoms with Gasteiger partial charge in [-0.3, -0.25) is 0 Å². The third kappa shape index (κ3) is 3.08. The maximum atomic E-state index is 12.8. The second-order valence-electron chi connectivity index (χ2n) is 4.08. The van der Waals surface area contributed by atoms with Crippen molar-refractivity contribution in [3.05, 3.63) is 45.4 Å². The fourth-order valence-corrected chi connectivity index (χ4v) is 2.38. The molecule has 0 fully saturated rings. The largest absolute Gasteiger partial charge is 0.417 e. The van der Waals surface area contributed by atoms with Gasteiger partial charge in [-0.25, -0.2) is 4.98 Å². The van der Waals surface area contributed by atoms with Gasteiger partial charge in [0.1, 0.15) is 0 Å². The molecule has 0 aliphatic rings. The Morgan fingerprint density at radius 3 is 2.70 bits per heavy atom. The first-order valence-electron chi connectivity index (χ1n) is 5.66. The van der Waals surface area contributed by atoms with Crippen molar-refractivity contribution in [2.45, 2.75) is 19.6 Å². The van der Waals surface area contributed by atoms with Gasteiger partial charge in [0, 0.05) is 10.6 Å². The topological polar surface area (TPSA) is 48.7 Å². The van der Waals surface area contributed by atoms with Crippen LogP contribution in [0, 0.1) is 18.3 Å². The van der Waals surface area contributed by atoms with E-state index in [2.05, 4.69) is 10.3 Å². The number of aromatic nitrogens is 1. The maximum absolute atomic E-state index is 12.8. The number of benzene rings is 1. The van der Waals surface area contributed by atoms with Crippen LogP contribution in [-0.2, 0) is 12.7 Å². The summed E-state index contributed by atoms with van der Waals surface area (Å²) in [6.07, 6.45) is -4.54. The first kappa shape index (κ1) is 14.3. The minimum Gasteiger partial charge on any atom is -0.380 e. The zero-order valence-corrected chi connectivity index (χ0v) is 11.3. The van der Waals surface area contributed by atoms with Crippen LogP contribution in [0.2, 0.25) is 0 Å². The highest BCUT2D eigenvalue weighted by molar-refractivity contribution is 7.09. The number of thiazole rings is 1. The quantitative estimate of drug-likeness (QED) is 0.933. The van der Waals surface area contributed by atoms with Gasteiger partial charge in [0.2, 0.25) is 0 Å². The van der Waals surface area contributed by atoms with Crippen LogP contribution in [0.1, 0.15) is 21.7 Å². The zero-order valence-electron chi connectivity index (χ0n) is 10.5. The maximum Gasteiger partial charge on any atom is 0.417 e. The van der Waals surface area contributed by atoms with Crippen LogP contribution in [0.4, 0.5) is 18.9 Å². The Kier molecular flexibility index (Phi) is 3.95. The molecule has 1 aromatic carbocycles. The van der Waals surface area contributed by atoms with Crippen LogP contribution in [0.15, 0.2) is 23.7 Å². The number of hydrogen-bond acceptors (Lipinski definition) is 4. The summed E-state index contributed by atoms with van der Waals surface area (Å²) >= 11 is 1.44. The summed E-state index contributed by atoms with van der Waals surface area (Å²) < 4.78 is 38.4. The summed E-state index contributed by atoms with van der Waals surface area (Å²) in [5, 5.41) is 11.6. The molecule has 1 aromatic heterocycles. The van der Waals surface area contributed by atoms with Crippen LogP contribution in [-0.4, -0.2) is 4.98 Å². The molecule has 2 rings (SSSR count). The van der Waals surface area contributed by atoms with Crippen LogP contribution >= 0.6 is 11.3 Å². The lowest BCUT2D eigenvalue weighted by molar-refractivity contribution is -0.137. The van der Waals surface area contributed by atoms with Crippen molar-refractivity contribution >= 4 is 17.0 Å². The molecule has 0 aliphatic carbocycles. The van der Waals surface area contributed by atoms with E-state index in [4.69, 9.17) is 5.26 Å². The predicted molar refractivity (Wildman–Crippen MR) is 70.3 cm³/mol. The van der Waals surface area contributed by atoms with E-state index in [1.807, 2.05) is 6.92 Å². The minimum absolute atomic E-state index is 0.323. The Bertz CT molecular complexity index is 656. The fraction of sp³-hybridized carbons (Fsp3) is 0.231. The molecular weight excluding hydrogens is 287 g/mol. The molecule has 0 unspecified atom stereocenters. The van der Waals surface area contributed by atoms with E-state index in [0.29, 0.717) is 12.2 Å². The van der Waals surface area contributed by atoms with Gasteiger partial charge in [-0.15, -0.1) is 11.3 Å². The molecule has 0 amide bonds. The molecule has 0 atom stereocenters. The summed E-state index contributed by atoms with van der Waals surface area (Å²) in [7, 11) is 0. The third-order valence-electron chi connectivity index (χ3n) is 2.74. The first-order chi connectivity index (χ1) is 9.41. The lowest BCUT2D eigenvalue weighted by Gasteiger charge is -2.12. The molecule has 1 N–H and O–H groups in total. The number of nitrogens with zero attached hydrogens (tertiary/aromatic N) is 2. The van der Waals surface area contributed by atoms with Gasteiger partial charge in [-0.05, 0) is 25.1 Å². The van der Waals surface area contributed by atoms with Crippen molar-refractivity contribution in [3.63, 3.8) is 0 Å². The van der Waals surface area contributed by atoms with Crippen LogP contribution < -0.4 is 5.32 Å². The Morgan fingerprint density at radius 2 is 2.15 bits per heavy atom. The number of hydrogen-bond donors (Lipinski definition) is 1. The van der Waals surface area contributed by atoms with Gasteiger partial charge in [-0.1, -0.05) is 0 Å². The van der Waals surface area contributed by atoms with Crippen LogP contribution in [0.5, 0.6) is 0 Å². The van der Waals surface area contributed by atoms with E-state index in [-0.39, 0.29) is 5.56 Å². The molecule has 1 heterocycles. The first-order valence-corrected chi connectivity index (χ1v) is 6.54. The number of halogens is 3. The average Bonchev–Trinajstić information content (AvgIpc) is 2.80. The molecule has 3 nitrogen and oxygen atoms in total. The molecule has 0 radical (unpaired) electrons. The summed E-state index contributed by atoms with van der Waals surface area (Å²) in [4.78, 5) is 5.03. The molecule has 0 saturated carbocycles. The number of nitriles is 1. The summed E-state index contributed by atoms with van der Waals surface area (Å²) in [5.74, 6) is 0. The van der Waals surface area contributed by atoms with E-state index >= 15 is 0 Å². The SMILES string of the molecule is Cc1ncsc1CNc1ccc(C#N)c(C(F)(F)F)c1. The van der Waals surface area contributed by atoms with Gasteiger partial charge in [-0.2, -0.15) is 18.4 Å². The van der Waals surface area contributed by atoms with E-state index in [9.17, 15) is 13.2 Å². The third-order valence-corrected chi connectivity index (χ3v) is 3.68. The van der Waals surface area contributed by atoms with E-state index in [0.717, 1.165) is 16.6 Å². The molecule has 0 saturated heterocycles. The van der Waals surface area contributed by atoms with Crippen molar-refractivity contribution in [3.8, 4) is 6.07 Å². The smallest absolute Gasteiger partial charge is 0.380 e. The molecule has 20 heavy (non-hydrogen) atoms. The van der Waals surface area contributed by atoms with Crippen molar-refractivity contribution in [1.82, 2.24) is 4.98 Å². The Hall–Kier alpha value is -2.07. The van der Waals surface area contributed by atoms with Crippen molar-refractivity contribution < 1.29 is 13.2 Å². The summed E-state index contributed by atoms with van der Waals surface area (Å²) in [6.45, 7) is 2.24. The highest BCUT2D eigenvalue weighted by Gasteiger charge is 2.33. The van der Waals surface area contributed by atoms with Crippen molar-refractivity contribution in [1.29, 1.82) is 5.26 Å². The molecule has 0 aliphatic heterocycles. The van der Waals surface area contributed by atoms with E-state index in [1.54, 1.807) is 11.6 Å². The van der Waals surface area contributed by atoms with Crippen LogP contribution in [0.3, 0.4) is 0 Å². The van der Waals surface area contributed by atoms with Crippen molar-refractivity contribution in [2.75, 3.05) is 5.32 Å². The molecule has 0 spiro atoms. The number of aryl methyl sites for hydroxylation is 1. The second kappa shape index (κ2) is 5.51. The normalized spacial score (nSPS) is 11.2. The van der Waals surface area contributed by atoms with Gasteiger partial charge in [0.15, 0.2) is 0 Å². The fourth-order valence-electron chi connectivity index (χ4n) is 1.66. The summed E-state index contributed by atoms with van der Waals surface area (Å²) in [5.41, 5.74) is 1.56. The second-order valence-corrected chi connectivity index (χ2v) is 5.02. The van der Waals surface area contributed by atoms with Gasteiger partial charge in [0.05, 0.1) is 34.9 Å².